The normalized spacial score (nSPS) is 16.0. The van der Waals surface area contributed by atoms with E-state index in [-0.39, 0.29) is 17.3 Å². The molecule has 2 aliphatic rings. The van der Waals surface area contributed by atoms with Gasteiger partial charge in [0.2, 0.25) is 5.91 Å². The van der Waals surface area contributed by atoms with E-state index in [1.807, 2.05) is 18.2 Å². The Morgan fingerprint density at radius 3 is 2.50 bits per heavy atom. The van der Waals surface area contributed by atoms with Gasteiger partial charge in [-0.25, -0.2) is 13.2 Å². The second-order valence-corrected chi connectivity index (χ2v) is 10.1. The zero-order valence-corrected chi connectivity index (χ0v) is 19.7. The van der Waals surface area contributed by atoms with Crippen LogP contribution in [0.4, 0.5) is 10.5 Å². The maximum atomic E-state index is 12.6. The van der Waals surface area contributed by atoms with Crippen molar-refractivity contribution in [2.45, 2.75) is 43.5 Å². The van der Waals surface area contributed by atoms with Crippen LogP contribution in [-0.2, 0) is 27.8 Å². The summed E-state index contributed by atoms with van der Waals surface area (Å²) < 4.78 is 27.8. The van der Waals surface area contributed by atoms with Gasteiger partial charge in [-0.15, -0.1) is 0 Å². The van der Waals surface area contributed by atoms with Crippen LogP contribution in [0.1, 0.15) is 36.8 Å². The molecule has 0 aliphatic carbocycles. The average Bonchev–Trinajstić information content (AvgIpc) is 3.10. The van der Waals surface area contributed by atoms with Crippen LogP contribution in [0.3, 0.4) is 0 Å². The molecule has 9 nitrogen and oxygen atoms in total. The minimum atomic E-state index is -3.74. The Bertz CT molecular complexity index is 1180. The molecule has 3 N–H and O–H groups in total. The van der Waals surface area contributed by atoms with Crippen molar-refractivity contribution in [1.29, 1.82) is 0 Å². The lowest BCUT2D eigenvalue weighted by molar-refractivity contribution is -0.130. The molecule has 0 spiro atoms. The van der Waals surface area contributed by atoms with E-state index in [0.29, 0.717) is 37.6 Å². The van der Waals surface area contributed by atoms with Gasteiger partial charge >= 0.3 is 6.03 Å². The van der Waals surface area contributed by atoms with Crippen LogP contribution in [0, 0.1) is 0 Å². The van der Waals surface area contributed by atoms with Crippen LogP contribution in [-0.4, -0.2) is 50.7 Å². The Morgan fingerprint density at radius 1 is 0.941 bits per heavy atom. The third-order valence-corrected chi connectivity index (χ3v) is 7.33. The van der Waals surface area contributed by atoms with E-state index in [9.17, 15) is 18.0 Å². The first-order valence-electron chi connectivity index (χ1n) is 11.5. The highest BCUT2D eigenvalue weighted by molar-refractivity contribution is 7.90. The van der Waals surface area contributed by atoms with Crippen LogP contribution in [0.2, 0.25) is 0 Å². The Labute approximate surface area is 199 Å². The zero-order chi connectivity index (χ0) is 24.0. The molecule has 0 atom stereocenters. The Balaban J connectivity index is 1.26. The van der Waals surface area contributed by atoms with Gasteiger partial charge in [-0.05, 0) is 54.7 Å². The molecule has 34 heavy (non-hydrogen) atoms. The van der Waals surface area contributed by atoms with Crippen molar-refractivity contribution < 1.29 is 18.0 Å². The number of anilines is 1. The van der Waals surface area contributed by atoms with Gasteiger partial charge < -0.3 is 15.5 Å². The number of sulfonamides is 1. The molecule has 10 heteroatoms. The summed E-state index contributed by atoms with van der Waals surface area (Å²) in [7, 11) is -3.74. The van der Waals surface area contributed by atoms with Gasteiger partial charge in [0.25, 0.3) is 10.0 Å². The number of nitrogens with one attached hydrogen (secondary N) is 3. The number of rotatable bonds is 5. The summed E-state index contributed by atoms with van der Waals surface area (Å²) in [6, 6.07) is 13.4. The topological polar surface area (TPSA) is 120 Å². The van der Waals surface area contributed by atoms with E-state index in [1.54, 1.807) is 4.90 Å². The fourth-order valence-corrected chi connectivity index (χ4v) is 5.13. The first kappa shape index (κ1) is 23.7. The minimum Gasteiger partial charge on any atom is -0.336 e. The Hall–Kier alpha value is -3.40. The summed E-state index contributed by atoms with van der Waals surface area (Å²) in [5.74, 6) is 0.333. The fourth-order valence-electron chi connectivity index (χ4n) is 4.04. The lowest BCUT2D eigenvalue weighted by Gasteiger charge is -2.29. The van der Waals surface area contributed by atoms with Crippen molar-refractivity contribution in [3.05, 3.63) is 59.7 Å². The van der Waals surface area contributed by atoms with Crippen molar-refractivity contribution in [2.75, 3.05) is 25.0 Å². The second kappa shape index (κ2) is 10.7. The number of carbonyl (C=O) groups excluding carboxylic acids is 2. The molecule has 0 aromatic heterocycles. The molecular weight excluding hydrogens is 454 g/mol. The van der Waals surface area contributed by atoms with E-state index >= 15 is 0 Å². The number of fused-ring (bicyclic) bond motifs is 1. The number of hydrogen-bond donors (Lipinski definition) is 3. The standard InChI is InChI=1S/C24H29N5O4S/c30-23(29-15-13-18-6-3-4-7-19(18)17-29)16-26-24(31)27-20-9-11-21(12-10-20)34(32,33)28-22-8-2-1-5-14-25-22/h3-4,6-7,9-12H,1-2,5,8,13-17H2,(H,25,28)(H2,26,27,31). The predicted octanol–water partition coefficient (Wildman–Crippen LogP) is 2.64. The molecule has 2 heterocycles. The summed E-state index contributed by atoms with van der Waals surface area (Å²) in [6.45, 7) is 1.67. The number of amidine groups is 1. The summed E-state index contributed by atoms with van der Waals surface area (Å²) in [6.07, 6.45) is 4.32. The van der Waals surface area contributed by atoms with Crippen molar-refractivity contribution in [3.8, 4) is 0 Å². The van der Waals surface area contributed by atoms with Gasteiger partial charge in [-0.1, -0.05) is 30.7 Å². The molecule has 2 aromatic rings. The molecule has 4 rings (SSSR count). The molecule has 180 valence electrons. The van der Waals surface area contributed by atoms with E-state index in [0.717, 1.165) is 31.2 Å². The molecule has 0 fully saturated rings. The van der Waals surface area contributed by atoms with Gasteiger partial charge in [-0.3, -0.25) is 14.5 Å². The first-order valence-corrected chi connectivity index (χ1v) is 12.9. The van der Waals surface area contributed by atoms with Crippen molar-refractivity contribution in [1.82, 2.24) is 14.9 Å². The van der Waals surface area contributed by atoms with Crippen molar-refractivity contribution in [3.63, 3.8) is 0 Å². The number of amides is 3. The quantitative estimate of drug-likeness (QED) is 0.606. The molecular formula is C24H29N5O4S. The highest BCUT2D eigenvalue weighted by Gasteiger charge is 2.21. The number of nitrogens with zero attached hydrogens (tertiary/aromatic N) is 2. The fraction of sp³-hybridized carbons (Fsp3) is 0.375. The van der Waals surface area contributed by atoms with E-state index in [2.05, 4.69) is 26.4 Å². The van der Waals surface area contributed by atoms with Gasteiger partial charge in [0.1, 0.15) is 5.84 Å². The predicted molar refractivity (Wildman–Crippen MR) is 130 cm³/mol. The van der Waals surface area contributed by atoms with Crippen LogP contribution in [0.5, 0.6) is 0 Å². The highest BCUT2D eigenvalue weighted by atomic mass is 32.2. The molecule has 0 saturated carbocycles. The van der Waals surface area contributed by atoms with Crippen LogP contribution in [0.25, 0.3) is 0 Å². The van der Waals surface area contributed by atoms with E-state index in [4.69, 9.17) is 0 Å². The molecule has 3 amide bonds. The smallest absolute Gasteiger partial charge is 0.319 e. The minimum absolute atomic E-state index is 0.0889. The molecule has 2 aliphatic heterocycles. The summed E-state index contributed by atoms with van der Waals surface area (Å²) in [5.41, 5.74) is 2.80. The third-order valence-electron chi connectivity index (χ3n) is 5.93. The Morgan fingerprint density at radius 2 is 1.71 bits per heavy atom. The highest BCUT2D eigenvalue weighted by Crippen LogP contribution is 2.18. The number of carbonyl (C=O) groups is 2. The third kappa shape index (κ3) is 6.13. The maximum Gasteiger partial charge on any atom is 0.319 e. The number of aliphatic imine (C=N–C) groups is 1. The summed E-state index contributed by atoms with van der Waals surface area (Å²) in [4.78, 5) is 30.9. The largest absolute Gasteiger partial charge is 0.336 e. The monoisotopic (exact) mass is 483 g/mol. The summed E-state index contributed by atoms with van der Waals surface area (Å²) >= 11 is 0. The average molecular weight is 484 g/mol. The van der Waals surface area contributed by atoms with Crippen molar-refractivity contribution >= 4 is 33.5 Å². The molecule has 0 unspecified atom stereocenters. The van der Waals surface area contributed by atoms with Crippen LogP contribution in [0.15, 0.2) is 58.4 Å². The number of hydrogen-bond acceptors (Lipinski definition) is 5. The second-order valence-electron chi connectivity index (χ2n) is 8.41. The molecule has 0 saturated heterocycles. The van der Waals surface area contributed by atoms with Crippen LogP contribution >= 0.6 is 0 Å². The Kier molecular flexibility index (Phi) is 7.46. The maximum absolute atomic E-state index is 12.6. The van der Waals surface area contributed by atoms with Gasteiger partial charge in [0.15, 0.2) is 0 Å². The van der Waals surface area contributed by atoms with Crippen LogP contribution < -0.4 is 15.4 Å². The molecule has 0 bridgehead atoms. The summed E-state index contributed by atoms with van der Waals surface area (Å²) in [5, 5.41) is 5.19. The van der Waals surface area contributed by atoms with Gasteiger partial charge in [0.05, 0.1) is 11.4 Å². The lowest BCUT2D eigenvalue weighted by atomic mass is 10.00. The zero-order valence-electron chi connectivity index (χ0n) is 18.9. The molecule has 2 aromatic carbocycles. The first-order chi connectivity index (χ1) is 16.4. The number of benzene rings is 2. The molecule has 0 radical (unpaired) electrons. The lowest BCUT2D eigenvalue weighted by Crippen LogP contribution is -2.43. The van der Waals surface area contributed by atoms with E-state index < -0.39 is 16.1 Å². The van der Waals surface area contributed by atoms with Gasteiger partial charge in [-0.2, -0.15) is 0 Å². The van der Waals surface area contributed by atoms with Gasteiger partial charge in [0, 0.05) is 31.7 Å². The SMILES string of the molecule is O=C(NCC(=O)N1CCc2ccccc2C1)Nc1ccc(S(=O)(=O)NC2=NCCCCC2)cc1. The van der Waals surface area contributed by atoms with Crippen molar-refractivity contribution in [2.24, 2.45) is 4.99 Å². The number of urea groups is 1. The van der Waals surface area contributed by atoms with E-state index in [1.165, 1.54) is 29.8 Å².